The molecule has 104 valence electrons. The number of halogens is 2. The molecule has 1 aliphatic heterocycles. The maximum atomic E-state index is 13.2. The van der Waals surface area contributed by atoms with Gasteiger partial charge in [-0.15, -0.1) is 0 Å². The van der Waals surface area contributed by atoms with E-state index in [0.717, 1.165) is 5.56 Å². The normalized spacial score (nSPS) is 23.7. The fourth-order valence-corrected chi connectivity index (χ4v) is 2.80. The Morgan fingerprint density at radius 2 is 2.37 bits per heavy atom. The van der Waals surface area contributed by atoms with Crippen LogP contribution in [0.4, 0.5) is 4.39 Å². The number of likely N-dealkylation sites (tertiary alicyclic amines) is 1. The summed E-state index contributed by atoms with van der Waals surface area (Å²) in [6.45, 7) is 1.20. The lowest BCUT2D eigenvalue weighted by molar-refractivity contribution is -0.122. The molecule has 2 rings (SSSR count). The van der Waals surface area contributed by atoms with Crippen molar-refractivity contribution in [3.63, 3.8) is 0 Å². The van der Waals surface area contributed by atoms with Crippen LogP contribution in [0.3, 0.4) is 0 Å². The monoisotopic (exact) mass is 330 g/mol. The van der Waals surface area contributed by atoms with Gasteiger partial charge < -0.3 is 10.5 Å². The zero-order valence-electron chi connectivity index (χ0n) is 10.6. The molecule has 0 bridgehead atoms. The topological polar surface area (TPSA) is 55.6 Å². The Labute approximate surface area is 119 Å². The molecule has 0 unspecified atom stereocenters. The van der Waals surface area contributed by atoms with Gasteiger partial charge in [-0.1, -0.05) is 6.07 Å². The zero-order chi connectivity index (χ0) is 14.0. The summed E-state index contributed by atoms with van der Waals surface area (Å²) in [7, 11) is 1.63. The highest BCUT2D eigenvalue weighted by Gasteiger charge is 2.35. The molecular formula is C13H16BrFN2O2. The summed E-state index contributed by atoms with van der Waals surface area (Å²) in [5.74, 6) is -0.646. The quantitative estimate of drug-likeness (QED) is 0.913. The van der Waals surface area contributed by atoms with Crippen LogP contribution in [0.2, 0.25) is 0 Å². The van der Waals surface area contributed by atoms with Gasteiger partial charge in [-0.2, -0.15) is 0 Å². The van der Waals surface area contributed by atoms with E-state index in [0.29, 0.717) is 24.0 Å². The average Bonchev–Trinajstić information content (AvgIpc) is 2.77. The van der Waals surface area contributed by atoms with Crippen LogP contribution in [-0.2, 0) is 16.1 Å². The number of methoxy groups -OCH3 is 1. The summed E-state index contributed by atoms with van der Waals surface area (Å²) >= 11 is 3.16. The number of nitrogens with two attached hydrogens (primary N) is 1. The van der Waals surface area contributed by atoms with Gasteiger partial charge >= 0.3 is 0 Å². The molecule has 0 spiro atoms. The van der Waals surface area contributed by atoms with Crippen LogP contribution < -0.4 is 5.73 Å². The van der Waals surface area contributed by atoms with E-state index in [-0.39, 0.29) is 23.9 Å². The number of benzene rings is 1. The minimum Gasteiger partial charge on any atom is -0.380 e. The minimum atomic E-state index is -0.347. The second-order valence-corrected chi connectivity index (χ2v) is 5.54. The Morgan fingerprint density at radius 3 is 2.95 bits per heavy atom. The van der Waals surface area contributed by atoms with Gasteiger partial charge in [-0.05, 0) is 40.0 Å². The number of amides is 1. The number of carbonyl (C=O) groups is 1. The third-order valence-electron chi connectivity index (χ3n) is 3.40. The Balaban J connectivity index is 2.12. The van der Waals surface area contributed by atoms with Crippen molar-refractivity contribution in [1.29, 1.82) is 0 Å². The van der Waals surface area contributed by atoms with Gasteiger partial charge in [-0.25, -0.2) is 4.39 Å². The van der Waals surface area contributed by atoms with Gasteiger partial charge in [0.15, 0.2) is 0 Å². The van der Waals surface area contributed by atoms with Gasteiger partial charge in [0.05, 0.1) is 16.6 Å². The predicted molar refractivity (Wildman–Crippen MR) is 72.9 cm³/mol. The summed E-state index contributed by atoms with van der Waals surface area (Å²) in [4.78, 5) is 13.4. The van der Waals surface area contributed by atoms with Gasteiger partial charge in [0.1, 0.15) is 5.82 Å². The second kappa shape index (κ2) is 5.98. The van der Waals surface area contributed by atoms with Crippen LogP contribution >= 0.6 is 15.9 Å². The summed E-state index contributed by atoms with van der Waals surface area (Å²) in [6.07, 6.45) is 0.621. The fourth-order valence-electron chi connectivity index (χ4n) is 2.38. The molecule has 1 saturated heterocycles. The second-order valence-electron chi connectivity index (χ2n) is 4.69. The van der Waals surface area contributed by atoms with Crippen molar-refractivity contribution in [2.75, 3.05) is 13.7 Å². The van der Waals surface area contributed by atoms with Gasteiger partial charge in [0.25, 0.3) is 0 Å². The number of hydrogen-bond donors (Lipinski definition) is 1. The molecule has 1 aromatic carbocycles. The Bertz CT molecular complexity index is 484. The minimum absolute atomic E-state index is 0.0152. The van der Waals surface area contributed by atoms with Crippen LogP contribution in [-0.4, -0.2) is 36.6 Å². The molecule has 1 aliphatic rings. The number of ether oxygens (including phenoxy) is 1. The van der Waals surface area contributed by atoms with Gasteiger partial charge in [0, 0.05) is 20.2 Å². The molecule has 4 nitrogen and oxygen atoms in total. The third-order valence-corrected chi connectivity index (χ3v) is 4.00. The lowest BCUT2D eigenvalue weighted by Crippen LogP contribution is -2.39. The van der Waals surface area contributed by atoms with E-state index in [1.54, 1.807) is 19.2 Å². The van der Waals surface area contributed by atoms with Gasteiger partial charge in [-0.3, -0.25) is 9.69 Å². The molecule has 2 N–H and O–H groups in total. The van der Waals surface area contributed by atoms with E-state index >= 15 is 0 Å². The number of primary amides is 1. The van der Waals surface area contributed by atoms with E-state index in [4.69, 9.17) is 10.5 Å². The molecule has 1 aromatic rings. The molecule has 0 radical (unpaired) electrons. The summed E-state index contributed by atoms with van der Waals surface area (Å²) in [5, 5.41) is 0. The molecule has 6 heteroatoms. The van der Waals surface area contributed by atoms with Crippen molar-refractivity contribution in [1.82, 2.24) is 4.90 Å². The summed E-state index contributed by atoms with van der Waals surface area (Å²) in [5.41, 5.74) is 6.33. The van der Waals surface area contributed by atoms with Crippen LogP contribution in [0, 0.1) is 5.82 Å². The first-order valence-corrected chi connectivity index (χ1v) is 6.80. The first kappa shape index (κ1) is 14.4. The number of hydrogen-bond acceptors (Lipinski definition) is 3. The average molecular weight is 331 g/mol. The molecule has 2 atom stereocenters. The molecule has 1 amide bonds. The maximum Gasteiger partial charge on any atom is 0.234 e. The van der Waals surface area contributed by atoms with Crippen molar-refractivity contribution in [3.8, 4) is 0 Å². The molecule has 0 saturated carbocycles. The lowest BCUT2D eigenvalue weighted by atomic mass is 10.1. The van der Waals surface area contributed by atoms with E-state index in [1.807, 2.05) is 4.90 Å². The smallest absolute Gasteiger partial charge is 0.234 e. The van der Waals surface area contributed by atoms with E-state index in [9.17, 15) is 9.18 Å². The lowest BCUT2D eigenvalue weighted by Gasteiger charge is -2.21. The molecule has 1 heterocycles. The number of rotatable bonds is 4. The SMILES string of the molecule is CO[C@H]1C[C@@H](C(N)=O)N(Cc2ccc(F)c(Br)c2)C1. The Kier molecular flexibility index (Phi) is 4.54. The van der Waals surface area contributed by atoms with Crippen LogP contribution in [0.15, 0.2) is 22.7 Å². The first-order chi connectivity index (χ1) is 9.01. The van der Waals surface area contributed by atoms with E-state index in [2.05, 4.69) is 15.9 Å². The van der Waals surface area contributed by atoms with Crippen molar-refractivity contribution >= 4 is 21.8 Å². The Hall–Kier alpha value is -0.980. The maximum absolute atomic E-state index is 13.2. The van der Waals surface area contributed by atoms with Crippen LogP contribution in [0.25, 0.3) is 0 Å². The first-order valence-electron chi connectivity index (χ1n) is 6.01. The van der Waals surface area contributed by atoms with Crippen molar-refractivity contribution in [2.45, 2.75) is 25.1 Å². The van der Waals surface area contributed by atoms with Crippen molar-refractivity contribution in [3.05, 3.63) is 34.1 Å². The van der Waals surface area contributed by atoms with Crippen molar-refractivity contribution in [2.24, 2.45) is 5.73 Å². The molecule has 1 fully saturated rings. The largest absolute Gasteiger partial charge is 0.380 e. The van der Waals surface area contributed by atoms with Crippen molar-refractivity contribution < 1.29 is 13.9 Å². The highest BCUT2D eigenvalue weighted by molar-refractivity contribution is 9.10. The fraction of sp³-hybridized carbons (Fsp3) is 0.462. The third kappa shape index (κ3) is 3.32. The number of carbonyl (C=O) groups excluding carboxylic acids is 1. The van der Waals surface area contributed by atoms with Crippen LogP contribution in [0.1, 0.15) is 12.0 Å². The standard InChI is InChI=1S/C13H16BrFN2O2/c1-19-9-5-12(13(16)18)17(7-9)6-8-2-3-11(15)10(14)4-8/h2-4,9,12H,5-7H2,1H3,(H2,16,18)/t9-,12-/m0/s1. The Morgan fingerprint density at radius 1 is 1.63 bits per heavy atom. The molecule has 0 aliphatic carbocycles. The summed E-state index contributed by atoms with van der Waals surface area (Å²) in [6, 6.07) is 4.50. The summed E-state index contributed by atoms with van der Waals surface area (Å²) < 4.78 is 18.9. The number of nitrogens with zero attached hydrogens (tertiary/aromatic N) is 1. The van der Waals surface area contributed by atoms with Gasteiger partial charge in [0.2, 0.25) is 5.91 Å². The van der Waals surface area contributed by atoms with Crippen LogP contribution in [0.5, 0.6) is 0 Å². The van der Waals surface area contributed by atoms with E-state index in [1.165, 1.54) is 6.07 Å². The molecule has 0 aromatic heterocycles. The highest BCUT2D eigenvalue weighted by atomic mass is 79.9. The highest BCUT2D eigenvalue weighted by Crippen LogP contribution is 2.24. The zero-order valence-corrected chi connectivity index (χ0v) is 12.2. The van der Waals surface area contributed by atoms with E-state index < -0.39 is 0 Å². The predicted octanol–water partition coefficient (Wildman–Crippen LogP) is 1.66. The molecule has 19 heavy (non-hydrogen) atoms. The molecular weight excluding hydrogens is 315 g/mol.